The maximum atomic E-state index is 10.7. The Morgan fingerprint density at radius 2 is 2.00 bits per heavy atom. The first-order valence-electron chi connectivity index (χ1n) is 5.98. The van der Waals surface area contributed by atoms with Crippen LogP contribution in [-0.2, 0) is 11.3 Å². The topological polar surface area (TPSA) is 49.6 Å². The normalized spacial score (nSPS) is 16.1. The lowest BCUT2D eigenvalue weighted by Crippen LogP contribution is -2.46. The molecule has 0 spiro atoms. The van der Waals surface area contributed by atoms with Crippen molar-refractivity contribution >= 4 is 12.1 Å². The van der Waals surface area contributed by atoms with Gasteiger partial charge in [0.25, 0.3) is 0 Å². The van der Waals surface area contributed by atoms with Crippen molar-refractivity contribution < 1.29 is 4.79 Å². The SMILES string of the molecule is Cc1ccc(N2CCN(C=O)CC2)c(CN)c1. The van der Waals surface area contributed by atoms with Crippen LogP contribution in [0.3, 0.4) is 0 Å². The minimum Gasteiger partial charge on any atom is -0.368 e. The molecule has 0 radical (unpaired) electrons. The van der Waals surface area contributed by atoms with Gasteiger partial charge >= 0.3 is 0 Å². The molecule has 0 bridgehead atoms. The molecule has 4 heteroatoms. The van der Waals surface area contributed by atoms with E-state index >= 15 is 0 Å². The number of nitrogens with zero attached hydrogens (tertiary/aromatic N) is 2. The Kier molecular flexibility index (Phi) is 3.64. The van der Waals surface area contributed by atoms with E-state index in [9.17, 15) is 4.79 Å². The Balaban J connectivity index is 2.15. The van der Waals surface area contributed by atoms with E-state index in [-0.39, 0.29) is 0 Å². The number of carbonyl (C=O) groups is 1. The molecule has 2 rings (SSSR count). The van der Waals surface area contributed by atoms with E-state index in [4.69, 9.17) is 5.73 Å². The molecular weight excluding hydrogens is 214 g/mol. The molecule has 2 N–H and O–H groups in total. The van der Waals surface area contributed by atoms with Gasteiger partial charge in [-0.1, -0.05) is 17.7 Å². The second kappa shape index (κ2) is 5.19. The van der Waals surface area contributed by atoms with Gasteiger partial charge in [0, 0.05) is 38.4 Å². The molecule has 4 nitrogen and oxygen atoms in total. The van der Waals surface area contributed by atoms with E-state index in [1.54, 1.807) is 0 Å². The molecule has 17 heavy (non-hydrogen) atoms. The number of rotatable bonds is 3. The van der Waals surface area contributed by atoms with E-state index in [0.29, 0.717) is 6.54 Å². The fraction of sp³-hybridized carbons (Fsp3) is 0.462. The number of aryl methyl sites for hydroxylation is 1. The summed E-state index contributed by atoms with van der Waals surface area (Å²) in [4.78, 5) is 14.8. The van der Waals surface area contributed by atoms with Gasteiger partial charge in [-0.15, -0.1) is 0 Å². The first-order chi connectivity index (χ1) is 8.24. The van der Waals surface area contributed by atoms with E-state index in [1.165, 1.54) is 16.8 Å². The van der Waals surface area contributed by atoms with Crippen LogP contribution in [0.1, 0.15) is 11.1 Å². The molecule has 0 unspecified atom stereocenters. The first-order valence-corrected chi connectivity index (χ1v) is 5.98. The van der Waals surface area contributed by atoms with Crippen molar-refractivity contribution in [3.8, 4) is 0 Å². The molecule has 1 fully saturated rings. The maximum Gasteiger partial charge on any atom is 0.209 e. The van der Waals surface area contributed by atoms with Crippen molar-refractivity contribution in [3.05, 3.63) is 29.3 Å². The molecule has 1 aliphatic heterocycles. The van der Waals surface area contributed by atoms with E-state index in [2.05, 4.69) is 30.0 Å². The second-order valence-electron chi connectivity index (χ2n) is 4.46. The molecule has 1 amide bonds. The van der Waals surface area contributed by atoms with Gasteiger partial charge in [-0.2, -0.15) is 0 Å². The average molecular weight is 233 g/mol. The highest BCUT2D eigenvalue weighted by Gasteiger charge is 2.17. The highest BCUT2D eigenvalue weighted by atomic mass is 16.1. The predicted molar refractivity (Wildman–Crippen MR) is 68.9 cm³/mol. The predicted octanol–water partition coefficient (Wildman–Crippen LogP) is 0.732. The first kappa shape index (κ1) is 11.9. The van der Waals surface area contributed by atoms with E-state index in [0.717, 1.165) is 32.6 Å². The second-order valence-corrected chi connectivity index (χ2v) is 4.46. The molecule has 1 aromatic rings. The number of piperazine rings is 1. The molecule has 1 aromatic carbocycles. The third-order valence-corrected chi connectivity index (χ3v) is 3.26. The number of hydrogen-bond acceptors (Lipinski definition) is 3. The number of hydrogen-bond donors (Lipinski definition) is 1. The molecule has 1 saturated heterocycles. The van der Waals surface area contributed by atoms with Crippen LogP contribution in [0.5, 0.6) is 0 Å². The van der Waals surface area contributed by atoms with Crippen LogP contribution in [0.2, 0.25) is 0 Å². The monoisotopic (exact) mass is 233 g/mol. The minimum atomic E-state index is 0.560. The zero-order valence-electron chi connectivity index (χ0n) is 10.2. The van der Waals surface area contributed by atoms with E-state index < -0.39 is 0 Å². The van der Waals surface area contributed by atoms with Crippen molar-refractivity contribution in [2.75, 3.05) is 31.1 Å². The van der Waals surface area contributed by atoms with Gasteiger partial charge in [0.05, 0.1) is 0 Å². The highest BCUT2D eigenvalue weighted by Crippen LogP contribution is 2.22. The third kappa shape index (κ3) is 2.58. The quantitative estimate of drug-likeness (QED) is 0.783. The van der Waals surface area contributed by atoms with Crippen LogP contribution < -0.4 is 10.6 Å². The van der Waals surface area contributed by atoms with Gasteiger partial charge in [0.2, 0.25) is 6.41 Å². The number of anilines is 1. The van der Waals surface area contributed by atoms with Gasteiger partial charge in [-0.25, -0.2) is 0 Å². The molecule has 1 heterocycles. The van der Waals surface area contributed by atoms with Gasteiger partial charge < -0.3 is 15.5 Å². The van der Waals surface area contributed by atoms with Crippen molar-refractivity contribution in [1.29, 1.82) is 0 Å². The zero-order valence-corrected chi connectivity index (χ0v) is 10.2. The van der Waals surface area contributed by atoms with Crippen LogP contribution in [0, 0.1) is 6.92 Å². The summed E-state index contributed by atoms with van der Waals surface area (Å²) >= 11 is 0. The van der Waals surface area contributed by atoms with Crippen LogP contribution in [0.15, 0.2) is 18.2 Å². The standard InChI is InChI=1S/C13H19N3O/c1-11-2-3-13(12(8-11)9-14)16-6-4-15(10-17)5-7-16/h2-3,8,10H,4-7,9,14H2,1H3. The molecule has 0 aliphatic carbocycles. The molecule has 1 aliphatic rings. The maximum absolute atomic E-state index is 10.7. The molecule has 0 saturated carbocycles. The number of amides is 1. The smallest absolute Gasteiger partial charge is 0.209 e. The van der Waals surface area contributed by atoms with Crippen LogP contribution in [-0.4, -0.2) is 37.5 Å². The molecule has 0 atom stereocenters. The molecule has 92 valence electrons. The lowest BCUT2D eigenvalue weighted by atomic mass is 10.1. The summed E-state index contributed by atoms with van der Waals surface area (Å²) in [5.41, 5.74) is 9.42. The average Bonchev–Trinajstić information content (AvgIpc) is 2.39. The van der Waals surface area contributed by atoms with Crippen molar-refractivity contribution in [3.63, 3.8) is 0 Å². The summed E-state index contributed by atoms with van der Waals surface area (Å²) in [6.07, 6.45) is 0.927. The Labute approximate surface area is 102 Å². The number of benzene rings is 1. The van der Waals surface area contributed by atoms with Gasteiger partial charge in [-0.3, -0.25) is 4.79 Å². The molecular formula is C13H19N3O. The summed E-state index contributed by atoms with van der Waals surface area (Å²) in [5, 5.41) is 0. The van der Waals surface area contributed by atoms with Crippen LogP contribution in [0.4, 0.5) is 5.69 Å². The number of carbonyl (C=O) groups excluding carboxylic acids is 1. The molecule has 0 aromatic heterocycles. The summed E-state index contributed by atoms with van der Waals surface area (Å²) in [6, 6.07) is 6.39. The number of nitrogens with two attached hydrogens (primary N) is 1. The summed E-state index contributed by atoms with van der Waals surface area (Å²) < 4.78 is 0. The lowest BCUT2D eigenvalue weighted by Gasteiger charge is -2.35. The zero-order chi connectivity index (χ0) is 12.3. The third-order valence-electron chi connectivity index (χ3n) is 3.26. The fourth-order valence-electron chi connectivity index (χ4n) is 2.25. The van der Waals surface area contributed by atoms with Crippen LogP contribution >= 0.6 is 0 Å². The van der Waals surface area contributed by atoms with E-state index in [1.807, 2.05) is 4.90 Å². The largest absolute Gasteiger partial charge is 0.368 e. The summed E-state index contributed by atoms with van der Waals surface area (Å²) in [5.74, 6) is 0. The minimum absolute atomic E-state index is 0.560. The lowest BCUT2D eigenvalue weighted by molar-refractivity contribution is -0.118. The van der Waals surface area contributed by atoms with Crippen LogP contribution in [0.25, 0.3) is 0 Å². The Bertz CT molecular complexity index is 398. The highest BCUT2D eigenvalue weighted by molar-refractivity contribution is 5.56. The fourth-order valence-corrected chi connectivity index (χ4v) is 2.25. The Morgan fingerprint density at radius 3 is 2.59 bits per heavy atom. The Hall–Kier alpha value is -1.55. The Morgan fingerprint density at radius 1 is 1.29 bits per heavy atom. The summed E-state index contributed by atoms with van der Waals surface area (Å²) in [6.45, 7) is 5.99. The van der Waals surface area contributed by atoms with Gasteiger partial charge in [0.1, 0.15) is 0 Å². The van der Waals surface area contributed by atoms with Gasteiger partial charge in [0.15, 0.2) is 0 Å². The van der Waals surface area contributed by atoms with Crippen molar-refractivity contribution in [2.45, 2.75) is 13.5 Å². The summed E-state index contributed by atoms with van der Waals surface area (Å²) in [7, 11) is 0. The van der Waals surface area contributed by atoms with Crippen molar-refractivity contribution in [2.24, 2.45) is 5.73 Å². The van der Waals surface area contributed by atoms with Crippen molar-refractivity contribution in [1.82, 2.24) is 4.90 Å². The van der Waals surface area contributed by atoms with Gasteiger partial charge in [-0.05, 0) is 18.6 Å².